The van der Waals surface area contributed by atoms with Gasteiger partial charge in [0, 0.05) is 23.0 Å². The smallest absolute Gasteiger partial charge is 0.0513 e. The lowest BCUT2D eigenvalue weighted by molar-refractivity contribution is 0.176. The molecule has 1 aromatic carbocycles. The Labute approximate surface area is 118 Å². The van der Waals surface area contributed by atoms with Crippen molar-refractivity contribution in [1.82, 2.24) is 5.32 Å². The van der Waals surface area contributed by atoms with Gasteiger partial charge in [-0.25, -0.2) is 0 Å². The van der Waals surface area contributed by atoms with Crippen molar-refractivity contribution in [2.24, 2.45) is 5.92 Å². The first-order valence-corrected chi connectivity index (χ1v) is 7.59. The van der Waals surface area contributed by atoms with Crippen molar-refractivity contribution in [2.45, 2.75) is 32.7 Å². The molecule has 1 N–H and O–H groups in total. The van der Waals surface area contributed by atoms with Crippen LogP contribution >= 0.6 is 15.9 Å². The number of halogens is 1. The van der Waals surface area contributed by atoms with Crippen molar-refractivity contribution in [2.75, 3.05) is 19.8 Å². The second-order valence-corrected chi connectivity index (χ2v) is 5.83. The molecule has 2 unspecified atom stereocenters. The molecule has 1 heterocycles. The Morgan fingerprint density at radius 2 is 2.33 bits per heavy atom. The van der Waals surface area contributed by atoms with Gasteiger partial charge in [0.25, 0.3) is 0 Å². The van der Waals surface area contributed by atoms with Gasteiger partial charge in [0.05, 0.1) is 6.61 Å². The molecule has 3 heteroatoms. The topological polar surface area (TPSA) is 21.3 Å². The van der Waals surface area contributed by atoms with Crippen molar-refractivity contribution >= 4 is 15.9 Å². The van der Waals surface area contributed by atoms with Crippen LogP contribution in [0.2, 0.25) is 0 Å². The summed E-state index contributed by atoms with van der Waals surface area (Å²) in [5.41, 5.74) is 2.67. The van der Waals surface area contributed by atoms with E-state index in [9.17, 15) is 0 Å². The SMILES string of the molecule is CCCNC(c1cccc(C)c1Br)C1CCOC1. The van der Waals surface area contributed by atoms with Gasteiger partial charge < -0.3 is 10.1 Å². The minimum Gasteiger partial charge on any atom is -0.381 e. The fourth-order valence-corrected chi connectivity index (χ4v) is 3.07. The van der Waals surface area contributed by atoms with E-state index >= 15 is 0 Å². The van der Waals surface area contributed by atoms with E-state index in [4.69, 9.17) is 4.74 Å². The zero-order valence-electron chi connectivity index (χ0n) is 11.2. The van der Waals surface area contributed by atoms with Crippen LogP contribution in [-0.4, -0.2) is 19.8 Å². The number of nitrogens with one attached hydrogen (secondary N) is 1. The third-order valence-electron chi connectivity index (χ3n) is 3.61. The van der Waals surface area contributed by atoms with E-state index in [1.807, 2.05) is 0 Å². The highest BCUT2D eigenvalue weighted by atomic mass is 79.9. The molecule has 100 valence electrons. The summed E-state index contributed by atoms with van der Waals surface area (Å²) >= 11 is 3.74. The molecule has 1 aromatic rings. The van der Waals surface area contributed by atoms with Gasteiger partial charge in [-0.3, -0.25) is 0 Å². The quantitative estimate of drug-likeness (QED) is 0.892. The number of rotatable bonds is 5. The zero-order chi connectivity index (χ0) is 13.0. The molecular formula is C15H22BrNO. The normalized spacial score (nSPS) is 21.2. The van der Waals surface area contributed by atoms with E-state index < -0.39 is 0 Å². The van der Waals surface area contributed by atoms with Gasteiger partial charge in [-0.2, -0.15) is 0 Å². The van der Waals surface area contributed by atoms with Crippen molar-refractivity contribution in [1.29, 1.82) is 0 Å². The molecule has 2 atom stereocenters. The lowest BCUT2D eigenvalue weighted by atomic mass is 9.91. The maximum absolute atomic E-state index is 5.55. The maximum atomic E-state index is 5.55. The van der Waals surface area contributed by atoms with Crippen LogP contribution in [0.25, 0.3) is 0 Å². The monoisotopic (exact) mass is 311 g/mol. The van der Waals surface area contributed by atoms with Gasteiger partial charge in [0.15, 0.2) is 0 Å². The summed E-state index contributed by atoms with van der Waals surface area (Å²) in [7, 11) is 0. The molecule has 0 radical (unpaired) electrons. The predicted molar refractivity (Wildman–Crippen MR) is 78.8 cm³/mol. The molecule has 0 saturated carbocycles. The average Bonchev–Trinajstić information content (AvgIpc) is 2.88. The molecule has 0 aliphatic carbocycles. The first-order valence-electron chi connectivity index (χ1n) is 6.80. The Bertz CT molecular complexity index is 388. The molecule has 2 rings (SSSR count). The van der Waals surface area contributed by atoms with Crippen LogP contribution in [0.5, 0.6) is 0 Å². The summed E-state index contributed by atoms with van der Waals surface area (Å²) in [6.07, 6.45) is 2.31. The fraction of sp³-hybridized carbons (Fsp3) is 0.600. The molecule has 0 aromatic heterocycles. The third-order valence-corrected chi connectivity index (χ3v) is 4.69. The number of ether oxygens (including phenoxy) is 1. The minimum atomic E-state index is 0.404. The highest BCUT2D eigenvalue weighted by Crippen LogP contribution is 2.34. The molecule has 2 nitrogen and oxygen atoms in total. The van der Waals surface area contributed by atoms with E-state index in [0.717, 1.165) is 32.6 Å². The Morgan fingerprint density at radius 1 is 1.50 bits per heavy atom. The highest BCUT2D eigenvalue weighted by molar-refractivity contribution is 9.10. The predicted octanol–water partition coefficient (Wildman–Crippen LogP) is 3.83. The van der Waals surface area contributed by atoms with Crippen LogP contribution in [0.4, 0.5) is 0 Å². The second-order valence-electron chi connectivity index (χ2n) is 5.03. The molecule has 1 fully saturated rings. The van der Waals surface area contributed by atoms with Gasteiger partial charge in [-0.05, 0) is 37.4 Å². The van der Waals surface area contributed by atoms with E-state index in [2.05, 4.69) is 53.3 Å². The Balaban J connectivity index is 2.23. The summed E-state index contributed by atoms with van der Waals surface area (Å²) in [4.78, 5) is 0. The Morgan fingerprint density at radius 3 is 3.00 bits per heavy atom. The number of hydrogen-bond donors (Lipinski definition) is 1. The van der Waals surface area contributed by atoms with Crippen LogP contribution in [0.15, 0.2) is 22.7 Å². The first-order chi connectivity index (χ1) is 8.74. The van der Waals surface area contributed by atoms with Crippen molar-refractivity contribution in [3.8, 4) is 0 Å². The third kappa shape index (κ3) is 3.14. The van der Waals surface area contributed by atoms with Gasteiger partial charge in [0.1, 0.15) is 0 Å². The van der Waals surface area contributed by atoms with Crippen LogP contribution in [0, 0.1) is 12.8 Å². The summed E-state index contributed by atoms with van der Waals surface area (Å²) in [6, 6.07) is 6.92. The number of aryl methyl sites for hydroxylation is 1. The standard InChI is InChI=1S/C15H22BrNO/c1-3-8-17-15(12-7-9-18-10-12)13-6-4-5-11(2)14(13)16/h4-6,12,15,17H,3,7-10H2,1-2H3. The van der Waals surface area contributed by atoms with Crippen molar-refractivity contribution in [3.05, 3.63) is 33.8 Å². The van der Waals surface area contributed by atoms with Gasteiger partial charge >= 0.3 is 0 Å². The summed E-state index contributed by atoms with van der Waals surface area (Å²) < 4.78 is 6.80. The van der Waals surface area contributed by atoms with E-state index in [-0.39, 0.29) is 0 Å². The molecule has 0 spiro atoms. The number of hydrogen-bond acceptors (Lipinski definition) is 2. The molecule has 18 heavy (non-hydrogen) atoms. The highest BCUT2D eigenvalue weighted by Gasteiger charge is 2.28. The average molecular weight is 312 g/mol. The minimum absolute atomic E-state index is 0.404. The molecular weight excluding hydrogens is 290 g/mol. The van der Waals surface area contributed by atoms with Gasteiger partial charge in [-0.15, -0.1) is 0 Å². The molecule has 1 aliphatic rings. The van der Waals surface area contributed by atoms with Crippen LogP contribution in [-0.2, 0) is 4.74 Å². The van der Waals surface area contributed by atoms with Crippen molar-refractivity contribution < 1.29 is 4.74 Å². The summed E-state index contributed by atoms with van der Waals surface area (Å²) in [6.45, 7) is 7.19. The zero-order valence-corrected chi connectivity index (χ0v) is 12.8. The molecule has 0 amide bonds. The van der Waals surface area contributed by atoms with Crippen LogP contribution in [0.3, 0.4) is 0 Å². The van der Waals surface area contributed by atoms with E-state index in [1.54, 1.807) is 0 Å². The lowest BCUT2D eigenvalue weighted by Gasteiger charge is -2.26. The summed E-state index contributed by atoms with van der Waals surface area (Å²) in [5, 5.41) is 3.69. The molecule has 0 bridgehead atoms. The van der Waals surface area contributed by atoms with Crippen LogP contribution in [0.1, 0.15) is 36.9 Å². The van der Waals surface area contributed by atoms with E-state index in [1.165, 1.54) is 15.6 Å². The van der Waals surface area contributed by atoms with E-state index in [0.29, 0.717) is 12.0 Å². The molecule has 1 saturated heterocycles. The maximum Gasteiger partial charge on any atom is 0.0513 e. The van der Waals surface area contributed by atoms with Crippen LogP contribution < -0.4 is 5.32 Å². The number of benzene rings is 1. The Kier molecular flexibility index (Phi) is 5.22. The Hall–Kier alpha value is -0.380. The van der Waals surface area contributed by atoms with Gasteiger partial charge in [0.2, 0.25) is 0 Å². The van der Waals surface area contributed by atoms with Gasteiger partial charge in [-0.1, -0.05) is 41.1 Å². The summed E-state index contributed by atoms with van der Waals surface area (Å²) in [5.74, 6) is 0.592. The molecule has 1 aliphatic heterocycles. The van der Waals surface area contributed by atoms with Crippen molar-refractivity contribution in [3.63, 3.8) is 0 Å². The lowest BCUT2D eigenvalue weighted by Crippen LogP contribution is -2.29. The second kappa shape index (κ2) is 6.69. The fourth-order valence-electron chi connectivity index (χ4n) is 2.56. The largest absolute Gasteiger partial charge is 0.381 e. The first kappa shape index (κ1) is 14.0.